The molecule has 0 radical (unpaired) electrons. The molecule has 0 aliphatic heterocycles. The lowest BCUT2D eigenvalue weighted by Crippen LogP contribution is -2.06. The van der Waals surface area contributed by atoms with Crippen LogP contribution in [0, 0.1) is 23.7 Å². The summed E-state index contributed by atoms with van der Waals surface area (Å²) in [7, 11) is 0. The van der Waals surface area contributed by atoms with E-state index in [0.717, 1.165) is 11.1 Å². The number of carbonyl (C=O) groups is 2. The predicted molar refractivity (Wildman–Crippen MR) is 75.3 cm³/mol. The van der Waals surface area contributed by atoms with Gasteiger partial charge < -0.3 is 14.6 Å². The molecular weight excluding hydrogens is 272 g/mol. The Bertz CT molecular complexity index is 625. The molecule has 5 nitrogen and oxygen atoms in total. The summed E-state index contributed by atoms with van der Waals surface area (Å²) in [5.74, 6) is 9.73. The van der Waals surface area contributed by atoms with E-state index < -0.39 is 5.97 Å². The van der Waals surface area contributed by atoms with Crippen molar-refractivity contribution in [1.29, 1.82) is 0 Å². The normalized spacial score (nSPS) is 8.81. The van der Waals surface area contributed by atoms with Gasteiger partial charge in [-0.1, -0.05) is 29.7 Å². The van der Waals surface area contributed by atoms with E-state index in [0.29, 0.717) is 0 Å². The first-order chi connectivity index (χ1) is 10.1. The summed E-state index contributed by atoms with van der Waals surface area (Å²) in [6, 6.07) is 7.21. The van der Waals surface area contributed by atoms with E-state index in [-0.39, 0.29) is 25.8 Å². The molecular formula is C16H14O5. The van der Waals surface area contributed by atoms with Gasteiger partial charge in [0.1, 0.15) is 13.2 Å². The largest absolute Gasteiger partial charge is 0.480 e. The third-order valence-electron chi connectivity index (χ3n) is 2.08. The number of hydrogen-bond donors (Lipinski definition) is 1. The number of esters is 1. The summed E-state index contributed by atoms with van der Waals surface area (Å²) in [5.41, 5.74) is 1.49. The lowest BCUT2D eigenvalue weighted by Gasteiger charge is -1.94. The van der Waals surface area contributed by atoms with E-state index in [2.05, 4.69) is 23.7 Å². The van der Waals surface area contributed by atoms with Crippen LogP contribution >= 0.6 is 0 Å². The van der Waals surface area contributed by atoms with Crippen LogP contribution in [0.1, 0.15) is 18.1 Å². The van der Waals surface area contributed by atoms with Gasteiger partial charge in [0.05, 0.1) is 0 Å². The number of carboxylic acid groups (broad SMARTS) is 1. The molecule has 0 spiro atoms. The molecule has 1 rings (SSSR count). The van der Waals surface area contributed by atoms with Crippen molar-refractivity contribution in [1.82, 2.24) is 0 Å². The molecule has 0 saturated carbocycles. The summed E-state index contributed by atoms with van der Waals surface area (Å²) < 4.78 is 9.50. The summed E-state index contributed by atoms with van der Waals surface area (Å²) in [5, 5.41) is 8.38. The highest BCUT2D eigenvalue weighted by molar-refractivity contribution is 5.68. The highest BCUT2D eigenvalue weighted by Crippen LogP contribution is 2.02. The standard InChI is InChI=1S/C16H14O5/c1-13(17)21-10-4-8-15-6-2-5-14(11-15)7-3-9-20-12-16(18)19/h2,5-6,11H,9-10,12H2,1H3,(H,18,19). The third kappa shape index (κ3) is 8.10. The summed E-state index contributed by atoms with van der Waals surface area (Å²) >= 11 is 0. The maximum atomic E-state index is 10.6. The van der Waals surface area contributed by atoms with Gasteiger partial charge in [0.15, 0.2) is 6.61 Å². The van der Waals surface area contributed by atoms with Crippen LogP contribution < -0.4 is 0 Å². The van der Waals surface area contributed by atoms with Gasteiger partial charge in [-0.25, -0.2) is 4.79 Å². The number of rotatable bonds is 4. The molecule has 108 valence electrons. The molecule has 21 heavy (non-hydrogen) atoms. The SMILES string of the molecule is CC(=O)OCC#Cc1cccc(C#CCOCC(=O)O)c1. The maximum Gasteiger partial charge on any atom is 0.329 e. The molecule has 0 atom stereocenters. The summed E-state index contributed by atoms with van der Waals surface area (Å²) in [4.78, 5) is 20.8. The summed E-state index contributed by atoms with van der Waals surface area (Å²) in [6.07, 6.45) is 0. The van der Waals surface area contributed by atoms with Gasteiger partial charge >= 0.3 is 11.9 Å². The Morgan fingerprint density at radius 1 is 1.14 bits per heavy atom. The lowest BCUT2D eigenvalue weighted by atomic mass is 10.1. The molecule has 0 saturated heterocycles. The Hall–Kier alpha value is -2.76. The quantitative estimate of drug-likeness (QED) is 0.509. The third-order valence-corrected chi connectivity index (χ3v) is 2.08. The number of hydrogen-bond acceptors (Lipinski definition) is 4. The van der Waals surface area contributed by atoms with Crippen LogP contribution in [-0.4, -0.2) is 36.9 Å². The van der Waals surface area contributed by atoms with Crippen molar-refractivity contribution in [3.05, 3.63) is 35.4 Å². The van der Waals surface area contributed by atoms with Gasteiger partial charge in [0, 0.05) is 18.1 Å². The fourth-order valence-corrected chi connectivity index (χ4v) is 1.28. The molecule has 0 aromatic heterocycles. The average Bonchev–Trinajstić information content (AvgIpc) is 2.43. The smallest absolute Gasteiger partial charge is 0.329 e. The molecule has 1 aromatic rings. The molecule has 0 amide bonds. The van der Waals surface area contributed by atoms with Crippen LogP contribution in [0.4, 0.5) is 0 Å². The van der Waals surface area contributed by atoms with E-state index >= 15 is 0 Å². The maximum absolute atomic E-state index is 10.6. The van der Waals surface area contributed by atoms with Crippen molar-refractivity contribution < 1.29 is 24.2 Å². The van der Waals surface area contributed by atoms with Crippen LogP contribution in [0.5, 0.6) is 0 Å². The topological polar surface area (TPSA) is 72.8 Å². The average molecular weight is 286 g/mol. The molecule has 0 fully saturated rings. The fraction of sp³-hybridized carbons (Fsp3) is 0.250. The molecule has 0 unspecified atom stereocenters. The van der Waals surface area contributed by atoms with Gasteiger partial charge in [-0.3, -0.25) is 4.79 Å². The Balaban J connectivity index is 2.54. The van der Waals surface area contributed by atoms with Crippen LogP contribution in [0.3, 0.4) is 0 Å². The first-order valence-electron chi connectivity index (χ1n) is 6.08. The molecule has 5 heteroatoms. The van der Waals surface area contributed by atoms with E-state index in [9.17, 15) is 9.59 Å². The monoisotopic (exact) mass is 286 g/mol. The minimum absolute atomic E-state index is 0.0499. The van der Waals surface area contributed by atoms with E-state index in [1.54, 1.807) is 18.2 Å². The minimum Gasteiger partial charge on any atom is -0.480 e. The van der Waals surface area contributed by atoms with E-state index in [4.69, 9.17) is 14.6 Å². The van der Waals surface area contributed by atoms with Crippen molar-refractivity contribution in [3.8, 4) is 23.7 Å². The highest BCUT2D eigenvalue weighted by Gasteiger charge is 1.93. The zero-order valence-electron chi connectivity index (χ0n) is 11.5. The molecule has 0 bridgehead atoms. The number of carboxylic acids is 1. The second-order valence-electron chi connectivity index (χ2n) is 3.85. The van der Waals surface area contributed by atoms with Crippen molar-refractivity contribution >= 4 is 11.9 Å². The molecule has 0 aliphatic rings. The van der Waals surface area contributed by atoms with Crippen molar-refractivity contribution in [3.63, 3.8) is 0 Å². The predicted octanol–water partition coefficient (Wildman–Crippen LogP) is 1.05. The Morgan fingerprint density at radius 3 is 2.33 bits per heavy atom. The van der Waals surface area contributed by atoms with E-state index in [1.165, 1.54) is 6.92 Å². The van der Waals surface area contributed by atoms with Gasteiger partial charge in [-0.15, -0.1) is 0 Å². The lowest BCUT2D eigenvalue weighted by molar-refractivity contribution is -0.142. The second-order valence-corrected chi connectivity index (χ2v) is 3.85. The Labute approximate surface area is 122 Å². The molecule has 1 N–H and O–H groups in total. The van der Waals surface area contributed by atoms with Gasteiger partial charge in [0.25, 0.3) is 0 Å². The molecule has 0 aliphatic carbocycles. The van der Waals surface area contributed by atoms with Crippen LogP contribution in [0.15, 0.2) is 24.3 Å². The summed E-state index contributed by atoms with van der Waals surface area (Å²) in [6.45, 7) is 1.06. The Morgan fingerprint density at radius 2 is 1.76 bits per heavy atom. The highest BCUT2D eigenvalue weighted by atomic mass is 16.5. The zero-order valence-corrected chi connectivity index (χ0v) is 11.5. The van der Waals surface area contributed by atoms with Crippen LogP contribution in [0.2, 0.25) is 0 Å². The Kier molecular flexibility index (Phi) is 7.13. The minimum atomic E-state index is -1.03. The van der Waals surface area contributed by atoms with E-state index in [1.807, 2.05) is 6.07 Å². The van der Waals surface area contributed by atoms with Crippen LogP contribution in [0.25, 0.3) is 0 Å². The van der Waals surface area contributed by atoms with Crippen LogP contribution in [-0.2, 0) is 19.1 Å². The van der Waals surface area contributed by atoms with Crippen molar-refractivity contribution in [2.24, 2.45) is 0 Å². The van der Waals surface area contributed by atoms with Crippen molar-refractivity contribution in [2.75, 3.05) is 19.8 Å². The zero-order chi connectivity index (χ0) is 15.5. The first kappa shape index (κ1) is 16.3. The second kappa shape index (κ2) is 9.19. The first-order valence-corrected chi connectivity index (χ1v) is 6.08. The fourth-order valence-electron chi connectivity index (χ4n) is 1.28. The van der Waals surface area contributed by atoms with Gasteiger partial charge in [0.2, 0.25) is 0 Å². The number of aliphatic carboxylic acids is 1. The van der Waals surface area contributed by atoms with Crippen molar-refractivity contribution in [2.45, 2.75) is 6.92 Å². The van der Waals surface area contributed by atoms with Gasteiger partial charge in [-0.05, 0) is 18.2 Å². The molecule has 1 aromatic carbocycles. The number of ether oxygens (including phenoxy) is 2. The van der Waals surface area contributed by atoms with Gasteiger partial charge in [-0.2, -0.15) is 0 Å². The number of carbonyl (C=O) groups excluding carboxylic acids is 1. The number of benzene rings is 1. The molecule has 0 heterocycles.